The molecule has 1 saturated heterocycles. The van der Waals surface area contributed by atoms with Crippen LogP contribution >= 0.6 is 0 Å². The van der Waals surface area contributed by atoms with Gasteiger partial charge < -0.3 is 4.90 Å². The van der Waals surface area contributed by atoms with Gasteiger partial charge in [-0.3, -0.25) is 15.0 Å². The summed E-state index contributed by atoms with van der Waals surface area (Å²) in [6.45, 7) is 8.35. The second kappa shape index (κ2) is 8.74. The molecule has 0 aromatic heterocycles. The molecule has 1 aliphatic rings. The molecule has 0 radical (unpaired) electrons. The Bertz CT molecular complexity index is 864. The van der Waals surface area contributed by atoms with Crippen molar-refractivity contribution in [2.45, 2.75) is 33.6 Å². The molecule has 1 fully saturated rings. The van der Waals surface area contributed by atoms with E-state index in [1.54, 1.807) is 6.08 Å². The third-order valence-corrected chi connectivity index (χ3v) is 4.74. The fourth-order valence-corrected chi connectivity index (χ4v) is 3.29. The van der Waals surface area contributed by atoms with E-state index in [0.29, 0.717) is 5.69 Å². The maximum atomic E-state index is 12.7. The number of benzene rings is 2. The maximum absolute atomic E-state index is 12.7. The molecule has 5 heteroatoms. The smallest absolute Gasteiger partial charge is 0.282 e. The molecular weight excluding hydrogens is 350 g/mol. The first kappa shape index (κ1) is 19.7. The van der Waals surface area contributed by atoms with E-state index in [0.717, 1.165) is 42.7 Å². The van der Waals surface area contributed by atoms with Crippen LogP contribution in [0.4, 0.5) is 11.4 Å². The molecule has 3 rings (SSSR count). The third-order valence-electron chi connectivity index (χ3n) is 4.74. The van der Waals surface area contributed by atoms with Gasteiger partial charge in [0.05, 0.1) is 5.69 Å². The summed E-state index contributed by atoms with van der Waals surface area (Å²) in [5, 5.41) is 1.30. The van der Waals surface area contributed by atoms with Crippen LogP contribution in [-0.2, 0) is 9.59 Å². The Labute approximate surface area is 166 Å². The molecule has 0 unspecified atom stereocenters. The molecule has 1 N–H and O–H groups in total. The van der Waals surface area contributed by atoms with Crippen molar-refractivity contribution in [3.8, 4) is 0 Å². The number of amides is 2. The summed E-state index contributed by atoms with van der Waals surface area (Å²) < 4.78 is 0. The second-order valence-corrected chi connectivity index (χ2v) is 7.05. The fraction of sp³-hybridized carbons (Fsp3) is 0.304. The summed E-state index contributed by atoms with van der Waals surface area (Å²) in [5.41, 5.74) is 6.53. The Hall–Kier alpha value is -3.08. The van der Waals surface area contributed by atoms with Gasteiger partial charge >= 0.3 is 0 Å². The molecule has 28 heavy (non-hydrogen) atoms. The number of nitrogens with one attached hydrogen (secondary N) is 1. The lowest BCUT2D eigenvalue weighted by Crippen LogP contribution is -2.35. The third kappa shape index (κ3) is 4.25. The quantitative estimate of drug-likeness (QED) is 0.584. The van der Waals surface area contributed by atoms with Crippen molar-refractivity contribution < 1.29 is 9.59 Å². The molecule has 0 bridgehead atoms. The predicted molar refractivity (Wildman–Crippen MR) is 114 cm³/mol. The summed E-state index contributed by atoms with van der Waals surface area (Å²) in [4.78, 5) is 27.4. The summed E-state index contributed by atoms with van der Waals surface area (Å²) in [5.74, 6) is -0.718. The number of carbonyl (C=O) groups excluding carboxylic acids is 2. The van der Waals surface area contributed by atoms with Gasteiger partial charge in [0.2, 0.25) is 0 Å². The second-order valence-electron chi connectivity index (χ2n) is 7.05. The molecule has 0 spiro atoms. The van der Waals surface area contributed by atoms with Gasteiger partial charge in [0.1, 0.15) is 5.57 Å². The van der Waals surface area contributed by atoms with Crippen LogP contribution in [-0.4, -0.2) is 24.9 Å². The largest absolute Gasteiger partial charge is 0.372 e. The van der Waals surface area contributed by atoms with Crippen molar-refractivity contribution in [2.75, 3.05) is 23.0 Å². The Morgan fingerprint density at radius 1 is 0.929 bits per heavy atom. The van der Waals surface area contributed by atoms with Crippen LogP contribution in [0.25, 0.3) is 6.08 Å². The topological polar surface area (TPSA) is 52.7 Å². The van der Waals surface area contributed by atoms with Gasteiger partial charge in [0, 0.05) is 18.8 Å². The van der Waals surface area contributed by atoms with Crippen molar-refractivity contribution in [3.05, 3.63) is 65.2 Å². The van der Waals surface area contributed by atoms with Gasteiger partial charge in [-0.25, -0.2) is 5.01 Å². The number of hydrazine groups is 1. The van der Waals surface area contributed by atoms with E-state index in [2.05, 4.69) is 24.2 Å². The van der Waals surface area contributed by atoms with Gasteiger partial charge in [-0.15, -0.1) is 0 Å². The Morgan fingerprint density at radius 2 is 1.54 bits per heavy atom. The first-order chi connectivity index (χ1) is 13.5. The average molecular weight is 377 g/mol. The Kier molecular flexibility index (Phi) is 6.14. The highest BCUT2D eigenvalue weighted by Gasteiger charge is 2.34. The number of rotatable bonds is 7. The van der Waals surface area contributed by atoms with Gasteiger partial charge in [0.15, 0.2) is 0 Å². The molecule has 5 nitrogen and oxygen atoms in total. The van der Waals surface area contributed by atoms with E-state index in [-0.39, 0.29) is 17.4 Å². The van der Waals surface area contributed by atoms with Crippen molar-refractivity contribution >= 4 is 29.3 Å². The molecule has 1 heterocycles. The molecule has 2 aromatic carbocycles. The number of hydrogen-bond donors (Lipinski definition) is 1. The van der Waals surface area contributed by atoms with Crippen molar-refractivity contribution in [1.82, 2.24) is 5.43 Å². The van der Waals surface area contributed by atoms with Crippen LogP contribution in [0.15, 0.2) is 54.1 Å². The van der Waals surface area contributed by atoms with Gasteiger partial charge in [-0.05, 0) is 55.7 Å². The maximum Gasteiger partial charge on any atom is 0.282 e. The minimum atomic E-state index is -0.381. The van der Waals surface area contributed by atoms with Crippen LogP contribution in [0.2, 0.25) is 0 Å². The molecule has 0 saturated carbocycles. The van der Waals surface area contributed by atoms with E-state index >= 15 is 0 Å². The highest BCUT2D eigenvalue weighted by atomic mass is 16.2. The standard InChI is InChI=1S/C23H27N3O2/c1-4-14-25(15-5-2)19-12-8-18(9-13-19)16-21-22(27)24-26(23(21)28)20-10-6-17(3)7-11-20/h6-13,16H,4-5,14-15H2,1-3H3,(H,24,27)/b21-16-. The van der Waals surface area contributed by atoms with Crippen molar-refractivity contribution in [3.63, 3.8) is 0 Å². The lowest BCUT2D eigenvalue weighted by atomic mass is 10.1. The van der Waals surface area contributed by atoms with Gasteiger partial charge in [-0.1, -0.05) is 43.7 Å². The molecule has 2 aromatic rings. The van der Waals surface area contributed by atoms with E-state index in [1.807, 2.05) is 55.5 Å². The summed E-state index contributed by atoms with van der Waals surface area (Å²) in [6, 6.07) is 15.5. The SMILES string of the molecule is CCCN(CCC)c1ccc(/C=C2/C(=O)NN(c3ccc(C)cc3)C2=O)cc1. The van der Waals surface area contributed by atoms with E-state index in [9.17, 15) is 9.59 Å². The lowest BCUT2D eigenvalue weighted by Gasteiger charge is -2.23. The lowest BCUT2D eigenvalue weighted by molar-refractivity contribution is -0.117. The normalized spacial score (nSPS) is 15.2. The Morgan fingerprint density at radius 3 is 2.11 bits per heavy atom. The number of hydrogen-bond acceptors (Lipinski definition) is 3. The van der Waals surface area contributed by atoms with E-state index < -0.39 is 0 Å². The van der Waals surface area contributed by atoms with E-state index in [1.165, 1.54) is 5.01 Å². The van der Waals surface area contributed by atoms with Crippen molar-refractivity contribution in [1.29, 1.82) is 0 Å². The molecule has 0 atom stereocenters. The number of aryl methyl sites for hydroxylation is 1. The minimum absolute atomic E-state index is 0.146. The van der Waals surface area contributed by atoms with Crippen LogP contribution in [0.3, 0.4) is 0 Å². The average Bonchev–Trinajstić information content (AvgIpc) is 2.97. The molecular formula is C23H27N3O2. The minimum Gasteiger partial charge on any atom is -0.372 e. The van der Waals surface area contributed by atoms with Crippen LogP contribution in [0.1, 0.15) is 37.8 Å². The molecule has 1 aliphatic heterocycles. The first-order valence-corrected chi connectivity index (χ1v) is 9.82. The highest BCUT2D eigenvalue weighted by molar-refractivity contribution is 6.31. The summed E-state index contributed by atoms with van der Waals surface area (Å²) in [7, 11) is 0. The fourth-order valence-electron chi connectivity index (χ4n) is 3.29. The summed E-state index contributed by atoms with van der Waals surface area (Å²) >= 11 is 0. The van der Waals surface area contributed by atoms with Crippen LogP contribution in [0, 0.1) is 6.92 Å². The van der Waals surface area contributed by atoms with Crippen molar-refractivity contribution in [2.24, 2.45) is 0 Å². The number of nitrogens with zero attached hydrogens (tertiary/aromatic N) is 2. The summed E-state index contributed by atoms with van der Waals surface area (Å²) in [6.07, 6.45) is 3.84. The molecule has 2 amide bonds. The predicted octanol–water partition coefficient (Wildman–Crippen LogP) is 4.08. The van der Waals surface area contributed by atoms with Crippen LogP contribution in [0.5, 0.6) is 0 Å². The first-order valence-electron chi connectivity index (χ1n) is 9.82. The van der Waals surface area contributed by atoms with E-state index in [4.69, 9.17) is 0 Å². The molecule has 146 valence electrons. The number of carbonyl (C=O) groups is 2. The zero-order valence-corrected chi connectivity index (χ0v) is 16.7. The zero-order chi connectivity index (χ0) is 20.1. The zero-order valence-electron chi connectivity index (χ0n) is 16.7. The van der Waals surface area contributed by atoms with Crippen LogP contribution < -0.4 is 15.3 Å². The highest BCUT2D eigenvalue weighted by Crippen LogP contribution is 2.23. The number of anilines is 2. The molecule has 0 aliphatic carbocycles. The monoisotopic (exact) mass is 377 g/mol. The van der Waals surface area contributed by atoms with Gasteiger partial charge in [-0.2, -0.15) is 0 Å². The van der Waals surface area contributed by atoms with Gasteiger partial charge in [0.25, 0.3) is 11.8 Å². The Balaban J connectivity index is 1.80.